The second kappa shape index (κ2) is 9.08. The maximum Gasteiger partial charge on any atom is 0.0967 e. The molecule has 1 heterocycles. The van der Waals surface area contributed by atoms with Gasteiger partial charge in [0.2, 0.25) is 0 Å². The quantitative estimate of drug-likeness (QED) is 0.619. The topological polar surface area (TPSA) is 43.2 Å². The summed E-state index contributed by atoms with van der Waals surface area (Å²) >= 11 is 0. The Hall–Kier alpha value is -0.940. The molecule has 0 saturated carbocycles. The highest BCUT2D eigenvalue weighted by Gasteiger charge is 2.06. The van der Waals surface area contributed by atoms with Crippen LogP contribution in [0.1, 0.15) is 46.2 Å². The molecule has 0 radical (unpaired) electrons. The van der Waals surface area contributed by atoms with Crippen LogP contribution in [0.3, 0.4) is 0 Å². The number of aromatic nitrogens is 3. The Morgan fingerprint density at radius 3 is 2.65 bits per heavy atom. The Kier molecular flexibility index (Phi) is 7.77. The molecule has 1 aromatic heterocycles. The Labute approximate surface area is 123 Å². The van der Waals surface area contributed by atoms with Gasteiger partial charge >= 0.3 is 0 Å². The molecule has 0 aliphatic carbocycles. The zero-order valence-corrected chi connectivity index (χ0v) is 13.7. The van der Waals surface area contributed by atoms with Crippen molar-refractivity contribution in [2.75, 3.05) is 20.2 Å². The zero-order valence-electron chi connectivity index (χ0n) is 13.7. The first kappa shape index (κ1) is 17.1. The third-order valence-corrected chi connectivity index (χ3v) is 2.93. The van der Waals surface area contributed by atoms with Crippen LogP contribution in [0.5, 0.6) is 0 Å². The van der Waals surface area contributed by atoms with Crippen molar-refractivity contribution in [1.82, 2.24) is 19.9 Å². The van der Waals surface area contributed by atoms with Crippen molar-refractivity contribution in [3.8, 4) is 0 Å². The van der Waals surface area contributed by atoms with Crippen LogP contribution in [0.15, 0.2) is 6.20 Å². The molecule has 1 rings (SSSR count). The highest BCUT2D eigenvalue weighted by atomic mass is 16.5. The molecule has 0 aliphatic heterocycles. The van der Waals surface area contributed by atoms with E-state index in [1.807, 2.05) is 4.68 Å². The van der Waals surface area contributed by atoms with Gasteiger partial charge in [-0.15, -0.1) is 5.10 Å². The van der Waals surface area contributed by atoms with Crippen molar-refractivity contribution in [1.29, 1.82) is 0 Å². The smallest absolute Gasteiger partial charge is 0.0967 e. The summed E-state index contributed by atoms with van der Waals surface area (Å²) in [5, 5.41) is 8.41. The van der Waals surface area contributed by atoms with Gasteiger partial charge in [0, 0.05) is 32.4 Å². The molecule has 5 nitrogen and oxygen atoms in total. The minimum Gasteiger partial charge on any atom is -0.379 e. The van der Waals surface area contributed by atoms with Crippen molar-refractivity contribution >= 4 is 0 Å². The summed E-state index contributed by atoms with van der Waals surface area (Å²) in [4.78, 5) is 2.29. The van der Waals surface area contributed by atoms with Gasteiger partial charge < -0.3 is 9.64 Å². The number of ether oxygens (including phenoxy) is 1. The van der Waals surface area contributed by atoms with Crippen molar-refractivity contribution in [3.05, 3.63) is 11.9 Å². The highest BCUT2D eigenvalue weighted by Crippen LogP contribution is 2.03. The number of aryl methyl sites for hydroxylation is 1. The van der Waals surface area contributed by atoms with Crippen LogP contribution in [0.2, 0.25) is 0 Å². The summed E-state index contributed by atoms with van der Waals surface area (Å²) in [6, 6.07) is 0. The number of hydrogen-bond acceptors (Lipinski definition) is 4. The van der Waals surface area contributed by atoms with Crippen LogP contribution in [0.25, 0.3) is 0 Å². The van der Waals surface area contributed by atoms with E-state index in [2.05, 4.69) is 56.2 Å². The number of unbranched alkanes of at least 4 members (excludes halogenated alkanes) is 1. The van der Waals surface area contributed by atoms with Crippen molar-refractivity contribution in [2.24, 2.45) is 5.92 Å². The van der Waals surface area contributed by atoms with E-state index < -0.39 is 0 Å². The molecule has 0 unspecified atom stereocenters. The largest absolute Gasteiger partial charge is 0.379 e. The minimum atomic E-state index is 0.324. The maximum atomic E-state index is 5.52. The van der Waals surface area contributed by atoms with Crippen LogP contribution in [-0.4, -0.2) is 46.2 Å². The summed E-state index contributed by atoms with van der Waals surface area (Å²) in [7, 11) is 2.13. The molecule has 0 aromatic carbocycles. The fraction of sp³-hybridized carbons (Fsp3) is 0.867. The van der Waals surface area contributed by atoms with Crippen LogP contribution in [-0.2, 0) is 17.8 Å². The lowest BCUT2D eigenvalue weighted by atomic mass is 10.2. The molecule has 0 saturated heterocycles. The third-order valence-electron chi connectivity index (χ3n) is 2.93. The molecule has 0 spiro atoms. The van der Waals surface area contributed by atoms with Crippen LogP contribution in [0.4, 0.5) is 0 Å². The van der Waals surface area contributed by atoms with Crippen LogP contribution in [0, 0.1) is 5.92 Å². The molecule has 20 heavy (non-hydrogen) atoms. The second-order valence-corrected chi connectivity index (χ2v) is 6.19. The van der Waals surface area contributed by atoms with Crippen LogP contribution < -0.4 is 0 Å². The van der Waals surface area contributed by atoms with E-state index >= 15 is 0 Å². The molecule has 0 aliphatic rings. The first-order valence-corrected chi connectivity index (χ1v) is 7.66. The third kappa shape index (κ3) is 7.60. The molecular weight excluding hydrogens is 252 g/mol. The first-order valence-electron chi connectivity index (χ1n) is 7.66. The van der Waals surface area contributed by atoms with Gasteiger partial charge in [-0.3, -0.25) is 4.68 Å². The maximum absolute atomic E-state index is 5.52. The van der Waals surface area contributed by atoms with Gasteiger partial charge in [-0.05, 0) is 39.7 Å². The number of nitrogens with zero attached hydrogens (tertiary/aromatic N) is 4. The van der Waals surface area contributed by atoms with Gasteiger partial charge in [-0.25, -0.2) is 0 Å². The predicted molar refractivity (Wildman–Crippen MR) is 81.5 cm³/mol. The molecule has 5 heteroatoms. The Balaban J connectivity index is 2.22. The lowest BCUT2D eigenvalue weighted by Gasteiger charge is -2.16. The minimum absolute atomic E-state index is 0.324. The Morgan fingerprint density at radius 1 is 1.25 bits per heavy atom. The molecule has 0 N–H and O–H groups in total. The van der Waals surface area contributed by atoms with E-state index in [0.29, 0.717) is 12.0 Å². The molecular formula is C15H30N4O. The molecule has 0 atom stereocenters. The van der Waals surface area contributed by atoms with E-state index in [4.69, 9.17) is 4.74 Å². The monoisotopic (exact) mass is 282 g/mol. The lowest BCUT2D eigenvalue weighted by molar-refractivity contribution is 0.0753. The van der Waals surface area contributed by atoms with Gasteiger partial charge in [0.25, 0.3) is 0 Å². The fourth-order valence-electron chi connectivity index (χ4n) is 2.18. The summed E-state index contributed by atoms with van der Waals surface area (Å²) < 4.78 is 7.46. The van der Waals surface area contributed by atoms with E-state index in [-0.39, 0.29) is 0 Å². The van der Waals surface area contributed by atoms with Gasteiger partial charge in [0.15, 0.2) is 0 Å². The number of rotatable bonds is 10. The summed E-state index contributed by atoms with van der Waals surface area (Å²) in [5.41, 5.74) is 1.05. The standard InChI is InChI=1S/C15H30N4O/c1-13(2)10-18(5)11-15-12-19(17-16-15)8-6-7-9-20-14(3)4/h12-14H,6-11H2,1-5H3. The number of hydrogen-bond donors (Lipinski definition) is 0. The molecule has 0 bridgehead atoms. The second-order valence-electron chi connectivity index (χ2n) is 6.19. The summed E-state index contributed by atoms with van der Waals surface area (Å²) in [6.45, 7) is 12.3. The zero-order chi connectivity index (χ0) is 15.0. The lowest BCUT2D eigenvalue weighted by Crippen LogP contribution is -2.22. The molecule has 116 valence electrons. The Bertz CT molecular complexity index is 363. The first-order chi connectivity index (χ1) is 9.47. The summed E-state index contributed by atoms with van der Waals surface area (Å²) in [5.74, 6) is 0.677. The SMILES string of the molecule is CC(C)CN(C)Cc1cn(CCCCOC(C)C)nn1. The normalized spacial score (nSPS) is 12.0. The van der Waals surface area contributed by atoms with E-state index in [9.17, 15) is 0 Å². The van der Waals surface area contributed by atoms with E-state index in [1.54, 1.807) is 0 Å². The van der Waals surface area contributed by atoms with Gasteiger partial charge in [-0.1, -0.05) is 19.1 Å². The molecule has 0 fully saturated rings. The van der Waals surface area contributed by atoms with Crippen molar-refractivity contribution < 1.29 is 4.74 Å². The van der Waals surface area contributed by atoms with Gasteiger partial charge in [0.05, 0.1) is 11.8 Å². The van der Waals surface area contributed by atoms with Crippen molar-refractivity contribution in [3.63, 3.8) is 0 Å². The molecule has 1 aromatic rings. The predicted octanol–water partition coefficient (Wildman–Crippen LogP) is 2.57. The molecule has 0 amide bonds. The average molecular weight is 282 g/mol. The van der Waals surface area contributed by atoms with Gasteiger partial charge in [-0.2, -0.15) is 0 Å². The fourth-order valence-corrected chi connectivity index (χ4v) is 2.18. The average Bonchev–Trinajstić information content (AvgIpc) is 2.74. The highest BCUT2D eigenvalue weighted by molar-refractivity contribution is 4.91. The Morgan fingerprint density at radius 2 is 2.00 bits per heavy atom. The van der Waals surface area contributed by atoms with Crippen LogP contribution >= 0.6 is 0 Å². The van der Waals surface area contributed by atoms with Gasteiger partial charge in [0.1, 0.15) is 0 Å². The van der Waals surface area contributed by atoms with E-state index in [0.717, 1.165) is 44.8 Å². The summed E-state index contributed by atoms with van der Waals surface area (Å²) in [6.07, 6.45) is 4.53. The van der Waals surface area contributed by atoms with Crippen molar-refractivity contribution in [2.45, 2.75) is 59.7 Å². The van der Waals surface area contributed by atoms with E-state index in [1.165, 1.54) is 0 Å².